The van der Waals surface area contributed by atoms with E-state index in [0.29, 0.717) is 43.5 Å². The van der Waals surface area contributed by atoms with Crippen molar-refractivity contribution in [3.8, 4) is 11.5 Å². The first kappa shape index (κ1) is 26.7. The van der Waals surface area contributed by atoms with Crippen molar-refractivity contribution >= 4 is 23.2 Å². The van der Waals surface area contributed by atoms with E-state index >= 15 is 0 Å². The number of nitrogens with zero attached hydrogens (tertiary/aromatic N) is 2. The molecule has 2 atom stereocenters. The van der Waals surface area contributed by atoms with Crippen LogP contribution in [-0.4, -0.2) is 55.0 Å². The third-order valence-corrected chi connectivity index (χ3v) is 7.98. The second kappa shape index (κ2) is 12.8. The Balaban J connectivity index is 1.51. The zero-order valence-corrected chi connectivity index (χ0v) is 22.7. The van der Waals surface area contributed by atoms with Crippen molar-refractivity contribution in [2.24, 2.45) is 5.92 Å². The maximum atomic E-state index is 13.8. The summed E-state index contributed by atoms with van der Waals surface area (Å²) in [6.07, 6.45) is 2.05. The second-order valence-corrected chi connectivity index (χ2v) is 10.6. The number of carbonyl (C=O) groups is 2. The van der Waals surface area contributed by atoms with Crippen LogP contribution in [0.25, 0.3) is 0 Å². The van der Waals surface area contributed by atoms with Gasteiger partial charge in [0, 0.05) is 18.0 Å². The fraction of sp³-hybridized carbons (Fsp3) is 0.400. The molecule has 0 bridgehead atoms. The Morgan fingerprint density at radius 3 is 2.54 bits per heavy atom. The topological polar surface area (TPSA) is 59.1 Å². The molecule has 1 aliphatic heterocycles. The van der Waals surface area contributed by atoms with E-state index in [4.69, 9.17) is 9.47 Å². The van der Waals surface area contributed by atoms with Gasteiger partial charge in [0.15, 0.2) is 11.5 Å². The number of methoxy groups -OCH3 is 1. The number of ether oxygens (including phenoxy) is 2. The van der Waals surface area contributed by atoms with Crippen LogP contribution in [0.5, 0.6) is 11.5 Å². The van der Waals surface area contributed by atoms with Gasteiger partial charge in [-0.1, -0.05) is 62.7 Å². The van der Waals surface area contributed by atoms with Crippen LogP contribution < -0.4 is 9.47 Å². The molecular weight excluding hydrogens is 484 g/mol. The Morgan fingerprint density at radius 1 is 1.08 bits per heavy atom. The normalized spacial score (nSPS) is 15.5. The van der Waals surface area contributed by atoms with Crippen LogP contribution in [-0.2, 0) is 22.4 Å². The number of benzene rings is 2. The fourth-order valence-corrected chi connectivity index (χ4v) is 5.61. The lowest BCUT2D eigenvalue weighted by molar-refractivity contribution is -0.143. The molecule has 0 spiro atoms. The van der Waals surface area contributed by atoms with Crippen molar-refractivity contribution in [2.75, 3.05) is 33.4 Å². The van der Waals surface area contributed by atoms with Crippen molar-refractivity contribution in [3.63, 3.8) is 0 Å². The van der Waals surface area contributed by atoms with Gasteiger partial charge in [-0.15, -0.1) is 11.3 Å². The van der Waals surface area contributed by atoms with Crippen LogP contribution in [0.1, 0.15) is 42.3 Å². The zero-order chi connectivity index (χ0) is 26.2. The van der Waals surface area contributed by atoms with Gasteiger partial charge in [0.1, 0.15) is 6.61 Å². The SMILES string of the molecule is CCC(C)CN(CC(=O)N1CCc2sccc2C1COc1ccccc1OC)C(=O)Cc1ccccc1. The van der Waals surface area contributed by atoms with Crippen LogP contribution in [0.15, 0.2) is 66.0 Å². The van der Waals surface area contributed by atoms with Crippen LogP contribution >= 0.6 is 11.3 Å². The zero-order valence-electron chi connectivity index (χ0n) is 21.9. The molecule has 0 saturated heterocycles. The minimum Gasteiger partial charge on any atom is -0.493 e. The Kier molecular flexibility index (Phi) is 9.23. The summed E-state index contributed by atoms with van der Waals surface area (Å²) in [6.45, 7) is 5.79. The molecule has 3 aromatic rings. The molecule has 2 heterocycles. The van der Waals surface area contributed by atoms with E-state index in [9.17, 15) is 9.59 Å². The molecule has 2 aromatic carbocycles. The summed E-state index contributed by atoms with van der Waals surface area (Å²) in [5, 5.41) is 2.08. The van der Waals surface area contributed by atoms with Crippen molar-refractivity contribution < 1.29 is 19.1 Å². The van der Waals surface area contributed by atoms with Gasteiger partial charge in [0.05, 0.1) is 26.1 Å². The van der Waals surface area contributed by atoms with Gasteiger partial charge in [-0.25, -0.2) is 0 Å². The number of hydrogen-bond acceptors (Lipinski definition) is 5. The summed E-state index contributed by atoms with van der Waals surface area (Å²) < 4.78 is 11.6. The molecule has 1 aliphatic rings. The molecule has 0 saturated carbocycles. The average molecular weight is 521 g/mol. The Labute approximate surface area is 223 Å². The van der Waals surface area contributed by atoms with E-state index in [0.717, 1.165) is 24.0 Å². The molecule has 0 fully saturated rings. The minimum absolute atomic E-state index is 0.0186. The third-order valence-electron chi connectivity index (χ3n) is 6.99. The molecule has 4 rings (SSSR count). The molecule has 0 radical (unpaired) electrons. The van der Waals surface area contributed by atoms with E-state index in [1.807, 2.05) is 59.5 Å². The van der Waals surface area contributed by atoms with Crippen LogP contribution in [0.4, 0.5) is 0 Å². The van der Waals surface area contributed by atoms with E-state index in [1.54, 1.807) is 23.3 Å². The lowest BCUT2D eigenvalue weighted by atomic mass is 10.00. The second-order valence-electron chi connectivity index (χ2n) is 9.56. The lowest BCUT2D eigenvalue weighted by Gasteiger charge is -2.37. The van der Waals surface area contributed by atoms with Gasteiger partial charge in [-0.05, 0) is 47.0 Å². The number of amides is 2. The first-order valence-corrected chi connectivity index (χ1v) is 13.8. The highest BCUT2D eigenvalue weighted by Gasteiger charge is 2.34. The fourth-order valence-electron chi connectivity index (χ4n) is 4.68. The summed E-state index contributed by atoms with van der Waals surface area (Å²) >= 11 is 1.72. The maximum absolute atomic E-state index is 13.8. The first-order chi connectivity index (χ1) is 18.0. The number of para-hydroxylation sites is 2. The summed E-state index contributed by atoms with van der Waals surface area (Å²) in [4.78, 5) is 32.0. The van der Waals surface area contributed by atoms with E-state index < -0.39 is 0 Å². The Bertz CT molecular complexity index is 1180. The third kappa shape index (κ3) is 6.72. The van der Waals surface area contributed by atoms with Gasteiger partial charge in [-0.2, -0.15) is 0 Å². The van der Waals surface area contributed by atoms with Gasteiger partial charge >= 0.3 is 0 Å². The predicted molar refractivity (Wildman–Crippen MR) is 147 cm³/mol. The standard InChI is InChI=1S/C30H36N2O4S/c1-4-22(2)19-31(29(33)18-23-10-6-5-7-11-23)20-30(34)32-16-14-28-24(15-17-37-28)25(32)21-36-27-13-9-8-12-26(27)35-3/h5-13,15,17,22,25H,4,14,16,18-21H2,1-3H3. The largest absolute Gasteiger partial charge is 0.493 e. The maximum Gasteiger partial charge on any atom is 0.242 e. The van der Waals surface area contributed by atoms with Crippen molar-refractivity contribution in [1.29, 1.82) is 0 Å². The molecular formula is C30H36N2O4S. The molecule has 6 nitrogen and oxygen atoms in total. The van der Waals surface area contributed by atoms with Crippen LogP contribution in [0.3, 0.4) is 0 Å². The predicted octanol–water partition coefficient (Wildman–Crippen LogP) is 5.38. The van der Waals surface area contributed by atoms with Crippen molar-refractivity contribution in [2.45, 2.75) is 39.2 Å². The molecule has 1 aromatic heterocycles. The lowest BCUT2D eigenvalue weighted by Crippen LogP contribution is -2.48. The molecule has 0 N–H and O–H groups in total. The quantitative estimate of drug-likeness (QED) is 0.341. The number of carbonyl (C=O) groups excluding carboxylic acids is 2. The average Bonchev–Trinajstić information content (AvgIpc) is 3.41. The summed E-state index contributed by atoms with van der Waals surface area (Å²) in [5.74, 6) is 1.55. The van der Waals surface area contributed by atoms with Gasteiger partial charge in [0.25, 0.3) is 0 Å². The number of thiophene rings is 1. The molecule has 196 valence electrons. The molecule has 0 aliphatic carbocycles. The van der Waals surface area contributed by atoms with Gasteiger partial charge in [-0.3, -0.25) is 9.59 Å². The van der Waals surface area contributed by atoms with Crippen molar-refractivity contribution in [3.05, 3.63) is 82.0 Å². The number of rotatable bonds is 11. The highest BCUT2D eigenvalue weighted by molar-refractivity contribution is 7.10. The number of fused-ring (bicyclic) bond motifs is 1. The van der Waals surface area contributed by atoms with E-state index in [2.05, 4.69) is 25.3 Å². The monoisotopic (exact) mass is 520 g/mol. The number of hydrogen-bond donors (Lipinski definition) is 0. The van der Waals surface area contributed by atoms with Crippen molar-refractivity contribution in [1.82, 2.24) is 9.80 Å². The Morgan fingerprint density at radius 2 is 1.81 bits per heavy atom. The first-order valence-electron chi connectivity index (χ1n) is 12.9. The summed E-state index contributed by atoms with van der Waals surface area (Å²) in [7, 11) is 1.62. The van der Waals surface area contributed by atoms with Gasteiger partial charge in [0.2, 0.25) is 11.8 Å². The molecule has 37 heavy (non-hydrogen) atoms. The highest BCUT2D eigenvalue weighted by atomic mass is 32.1. The van der Waals surface area contributed by atoms with Crippen LogP contribution in [0.2, 0.25) is 0 Å². The van der Waals surface area contributed by atoms with E-state index in [-0.39, 0.29) is 24.4 Å². The highest BCUT2D eigenvalue weighted by Crippen LogP contribution is 2.35. The molecule has 7 heteroatoms. The minimum atomic E-state index is -0.220. The van der Waals surface area contributed by atoms with Crippen LogP contribution in [0, 0.1) is 5.92 Å². The van der Waals surface area contributed by atoms with Gasteiger partial charge < -0.3 is 19.3 Å². The summed E-state index contributed by atoms with van der Waals surface area (Å²) in [6, 6.07) is 19.1. The van der Waals surface area contributed by atoms with E-state index in [1.165, 1.54) is 4.88 Å². The summed E-state index contributed by atoms with van der Waals surface area (Å²) in [5.41, 5.74) is 2.08. The smallest absolute Gasteiger partial charge is 0.242 e. The Hall–Kier alpha value is -3.32. The molecule has 2 amide bonds. The molecule has 2 unspecified atom stereocenters.